The van der Waals surface area contributed by atoms with Gasteiger partial charge in [0, 0.05) is 76.0 Å². The minimum atomic E-state index is -0.744. The molecule has 2 saturated carbocycles. The van der Waals surface area contributed by atoms with Crippen molar-refractivity contribution in [1.29, 1.82) is 0 Å². The number of ether oxygens (including phenoxy) is 2. The van der Waals surface area contributed by atoms with Gasteiger partial charge >= 0.3 is 11.9 Å². The summed E-state index contributed by atoms with van der Waals surface area (Å²) in [4.78, 5) is 65.0. The summed E-state index contributed by atoms with van der Waals surface area (Å²) in [5.74, 6) is -0.745. The zero-order valence-corrected chi connectivity index (χ0v) is 36.7. The summed E-state index contributed by atoms with van der Waals surface area (Å²) in [6.07, 6.45) is 7.98. The number of aromatic nitrogens is 2. The minimum Gasteiger partial charge on any atom is -0.449 e. The lowest BCUT2D eigenvalue weighted by Gasteiger charge is -2.26. The first-order valence-corrected chi connectivity index (χ1v) is 23.4. The molecule has 4 aromatic carbocycles. The summed E-state index contributed by atoms with van der Waals surface area (Å²) in [7, 11) is 0. The molecule has 2 atom stereocenters. The van der Waals surface area contributed by atoms with Crippen molar-refractivity contribution in [3.8, 4) is 22.5 Å². The molecule has 4 aliphatic heterocycles. The van der Waals surface area contributed by atoms with Crippen molar-refractivity contribution in [2.45, 2.75) is 60.6 Å². The molecule has 2 spiro atoms. The van der Waals surface area contributed by atoms with Crippen molar-refractivity contribution in [2.24, 2.45) is 0 Å². The predicted molar refractivity (Wildman–Crippen MR) is 246 cm³/mol. The summed E-state index contributed by atoms with van der Waals surface area (Å²) in [5.41, 5.74) is 5.34. The van der Waals surface area contributed by atoms with E-state index in [1.54, 1.807) is 47.9 Å². The van der Waals surface area contributed by atoms with E-state index in [2.05, 4.69) is 34.6 Å². The fourth-order valence-electron chi connectivity index (χ4n) is 10.8. The van der Waals surface area contributed by atoms with Gasteiger partial charge in [-0.3, -0.25) is 19.6 Å². The predicted octanol–water partition coefficient (Wildman–Crippen LogP) is 9.51. The number of hydrogen-bond donors (Lipinski definition) is 0. The second-order valence-electron chi connectivity index (χ2n) is 18.5. The number of benzene rings is 4. The first-order valence-electron chi connectivity index (χ1n) is 22.5. The van der Waals surface area contributed by atoms with Crippen LogP contribution in [0.5, 0.6) is 0 Å². The molecular formula is C54H43FN4O6S. The molecule has 10 nitrogen and oxygen atoms in total. The third kappa shape index (κ3) is 6.32. The van der Waals surface area contributed by atoms with Gasteiger partial charge in [-0.05, 0) is 79.3 Å². The van der Waals surface area contributed by atoms with Gasteiger partial charge in [-0.15, -0.1) is 11.3 Å². The molecule has 12 heteroatoms. The van der Waals surface area contributed by atoms with Gasteiger partial charge in [0.25, 0.3) is 0 Å². The highest BCUT2D eigenvalue weighted by Crippen LogP contribution is 2.54. The molecular weight excluding hydrogens is 852 g/mol. The lowest BCUT2D eigenvalue weighted by Crippen LogP contribution is -2.40. The van der Waals surface area contributed by atoms with E-state index in [0.717, 1.165) is 59.2 Å². The van der Waals surface area contributed by atoms with Crippen molar-refractivity contribution in [3.05, 3.63) is 178 Å². The van der Waals surface area contributed by atoms with E-state index < -0.39 is 22.0 Å². The Morgan fingerprint density at radius 3 is 1.52 bits per heavy atom. The van der Waals surface area contributed by atoms with Crippen molar-refractivity contribution < 1.29 is 33.0 Å². The Morgan fingerprint density at radius 2 is 1.02 bits per heavy atom. The normalized spacial score (nSPS) is 22.4. The van der Waals surface area contributed by atoms with E-state index in [4.69, 9.17) is 14.5 Å². The number of fused-ring (bicyclic) bond motifs is 5. The van der Waals surface area contributed by atoms with Gasteiger partial charge in [0.15, 0.2) is 11.2 Å². The van der Waals surface area contributed by atoms with E-state index in [-0.39, 0.29) is 29.6 Å². The number of nitrogens with zero attached hydrogens (tertiary/aromatic N) is 4. The Balaban J connectivity index is 0.000000138. The number of rotatable bonds is 6. The molecule has 2 unspecified atom stereocenters. The summed E-state index contributed by atoms with van der Waals surface area (Å²) in [6.45, 7) is 1.93. The highest BCUT2D eigenvalue weighted by atomic mass is 32.1. The number of pyridine rings is 2. The van der Waals surface area contributed by atoms with Gasteiger partial charge in [0.05, 0.1) is 46.4 Å². The second kappa shape index (κ2) is 15.0. The van der Waals surface area contributed by atoms with Gasteiger partial charge in [0.1, 0.15) is 5.82 Å². The average Bonchev–Trinajstić information content (AvgIpc) is 4.11. The van der Waals surface area contributed by atoms with E-state index >= 15 is 0 Å². The van der Waals surface area contributed by atoms with Crippen molar-refractivity contribution in [1.82, 2.24) is 19.8 Å². The van der Waals surface area contributed by atoms with Crippen molar-refractivity contribution in [3.63, 3.8) is 0 Å². The molecule has 0 radical (unpaired) electrons. The van der Waals surface area contributed by atoms with Gasteiger partial charge in [0.2, 0.25) is 11.8 Å². The molecule has 0 bridgehead atoms. The Morgan fingerprint density at radius 1 is 0.545 bits per heavy atom. The van der Waals surface area contributed by atoms with Crippen LogP contribution in [0.15, 0.2) is 139 Å². The SMILES string of the molecule is O=C1OC2(CCN(C(=O)C3(c4ccc(-c5ccccc5F)nc4)CC3)C2)c2ccccc21.O=C1OC2(CCN(C(=O)C3(c4ccc(-c5csc6ccccc56)nc4)CC3)C2)c2ccccc21. The lowest BCUT2D eigenvalue weighted by molar-refractivity contribution is -0.134. The Bertz CT molecular complexity index is 3140. The third-order valence-electron chi connectivity index (χ3n) is 14.7. The van der Waals surface area contributed by atoms with Crippen LogP contribution in [0.2, 0.25) is 0 Å². The molecule has 13 rings (SSSR count). The molecule has 6 aliphatic rings. The Hall–Kier alpha value is -7.05. The maximum absolute atomic E-state index is 14.1. The maximum Gasteiger partial charge on any atom is 0.339 e. The van der Waals surface area contributed by atoms with Gasteiger partial charge < -0.3 is 19.3 Å². The van der Waals surface area contributed by atoms with Gasteiger partial charge in [-0.2, -0.15) is 0 Å². The quantitative estimate of drug-likeness (QED) is 0.152. The number of carbonyl (C=O) groups excluding carboxylic acids is 4. The smallest absolute Gasteiger partial charge is 0.339 e. The number of amides is 2. The average molecular weight is 895 g/mol. The van der Waals surface area contributed by atoms with Crippen LogP contribution >= 0.6 is 11.3 Å². The lowest BCUT2D eigenvalue weighted by atomic mass is 9.91. The van der Waals surface area contributed by atoms with Crippen LogP contribution in [0.1, 0.15) is 81.5 Å². The fourth-order valence-corrected chi connectivity index (χ4v) is 11.8. The number of thiophene rings is 1. The Labute approximate surface area is 384 Å². The second-order valence-corrected chi connectivity index (χ2v) is 19.4. The maximum atomic E-state index is 14.1. The fraction of sp³-hybridized carbons (Fsp3) is 0.259. The molecule has 328 valence electrons. The molecule has 0 N–H and O–H groups in total. The topological polar surface area (TPSA) is 119 Å². The van der Waals surface area contributed by atoms with Crippen LogP contribution in [0.25, 0.3) is 32.6 Å². The minimum absolute atomic E-state index is 0.0512. The molecule has 66 heavy (non-hydrogen) atoms. The Kier molecular flexibility index (Phi) is 9.19. The largest absolute Gasteiger partial charge is 0.449 e. The zero-order valence-electron chi connectivity index (χ0n) is 35.9. The van der Waals surface area contributed by atoms with E-state index in [1.807, 2.05) is 76.7 Å². The zero-order chi connectivity index (χ0) is 44.8. The van der Waals surface area contributed by atoms with Gasteiger partial charge in [-0.25, -0.2) is 14.0 Å². The number of halogens is 1. The number of esters is 2. The molecule has 7 heterocycles. The summed E-state index contributed by atoms with van der Waals surface area (Å²) in [6, 6.07) is 37.6. The summed E-state index contributed by atoms with van der Waals surface area (Å²) >= 11 is 1.72. The first kappa shape index (κ1) is 40.5. The standard InChI is InChI=1S/C28H22N2O3S.C26H21FN2O3/c31-25-20-6-1-3-7-22(20)28(33-25)13-14-30(17-28)26(32)27(11-12-27)18-9-10-23(29-15-18)21-16-34-24-8-4-2-5-19(21)24;27-21-8-4-2-6-19(21)22-10-9-17(15-28-22)25(11-12-25)24(31)29-14-13-26(16-29)20-7-3-1-5-18(20)23(30)32-26/h1-10,15-16H,11-14,17H2;1-10,15H,11-14,16H2. The van der Waals surface area contributed by atoms with Crippen molar-refractivity contribution >= 4 is 45.2 Å². The summed E-state index contributed by atoms with van der Waals surface area (Å²) in [5, 5.41) is 3.36. The van der Waals surface area contributed by atoms with Crippen LogP contribution in [0.3, 0.4) is 0 Å². The van der Waals surface area contributed by atoms with Gasteiger partial charge in [-0.1, -0.05) is 78.9 Å². The highest BCUT2D eigenvalue weighted by Gasteiger charge is 2.59. The summed E-state index contributed by atoms with van der Waals surface area (Å²) < 4.78 is 27.0. The molecule has 4 fully saturated rings. The van der Waals surface area contributed by atoms with Crippen LogP contribution in [0, 0.1) is 5.82 Å². The molecule has 2 aliphatic carbocycles. The van der Waals surface area contributed by atoms with E-state index in [0.29, 0.717) is 61.4 Å². The monoisotopic (exact) mass is 894 g/mol. The van der Waals surface area contributed by atoms with Crippen molar-refractivity contribution in [2.75, 3.05) is 26.2 Å². The van der Waals surface area contributed by atoms with E-state index in [1.165, 1.54) is 16.2 Å². The van der Waals surface area contributed by atoms with Crippen LogP contribution in [0.4, 0.5) is 4.39 Å². The number of hydrogen-bond acceptors (Lipinski definition) is 9. The highest BCUT2D eigenvalue weighted by molar-refractivity contribution is 7.17. The molecule has 7 aromatic rings. The molecule has 2 amide bonds. The van der Waals surface area contributed by atoms with Crippen LogP contribution in [-0.4, -0.2) is 69.7 Å². The number of carbonyl (C=O) groups is 4. The molecule has 3 aromatic heterocycles. The van der Waals surface area contributed by atoms with E-state index in [9.17, 15) is 23.6 Å². The molecule has 2 saturated heterocycles. The first-order chi connectivity index (χ1) is 32.1. The van der Waals surface area contributed by atoms with Crippen LogP contribution < -0.4 is 0 Å². The number of likely N-dealkylation sites (tertiary alicyclic amines) is 2. The third-order valence-corrected chi connectivity index (χ3v) is 15.7. The van der Waals surface area contributed by atoms with Crippen LogP contribution in [-0.2, 0) is 41.1 Å².